The van der Waals surface area contributed by atoms with Crippen molar-refractivity contribution in [2.24, 2.45) is 0 Å². The smallest absolute Gasteiger partial charge is 0.255 e. The van der Waals surface area contributed by atoms with Crippen LogP contribution in [0.4, 0.5) is 11.4 Å². The molecule has 0 heterocycles. The average Bonchev–Trinajstić information content (AvgIpc) is 2.64. The van der Waals surface area contributed by atoms with Crippen LogP contribution < -0.4 is 10.6 Å². The van der Waals surface area contributed by atoms with Crippen molar-refractivity contribution in [3.63, 3.8) is 0 Å². The van der Waals surface area contributed by atoms with E-state index in [4.69, 9.17) is 0 Å². The Morgan fingerprint density at radius 1 is 0.667 bits per heavy atom. The number of hydrogen-bond acceptors (Lipinski definition) is 2. The zero-order chi connectivity index (χ0) is 16.8. The predicted octanol–water partition coefficient (Wildman–Crippen LogP) is 3.99. The molecule has 0 bridgehead atoms. The molecule has 0 fully saturated rings. The maximum Gasteiger partial charge on any atom is 0.255 e. The average molecular weight is 315 g/mol. The largest absolute Gasteiger partial charge is 0.320 e. The summed E-state index contributed by atoms with van der Waals surface area (Å²) in [5, 5.41) is 5.57. The maximum atomic E-state index is 12.3. The Balaban J connectivity index is 1.78. The van der Waals surface area contributed by atoms with E-state index < -0.39 is 0 Å². The first-order valence-corrected chi connectivity index (χ1v) is 7.47. The molecule has 4 nitrogen and oxygen atoms in total. The lowest BCUT2D eigenvalue weighted by molar-refractivity contribution is 0.101. The first-order valence-electron chi connectivity index (χ1n) is 7.47. The van der Waals surface area contributed by atoms with Gasteiger partial charge in [-0.2, -0.15) is 0 Å². The summed E-state index contributed by atoms with van der Waals surface area (Å²) < 4.78 is 0. The van der Waals surface area contributed by atoms with Gasteiger partial charge in [0.25, 0.3) is 11.8 Å². The first-order chi connectivity index (χ1) is 11.7. The van der Waals surface area contributed by atoms with Gasteiger partial charge in [-0.1, -0.05) is 48.5 Å². The van der Waals surface area contributed by atoms with Gasteiger partial charge >= 0.3 is 0 Å². The van der Waals surface area contributed by atoms with E-state index in [1.165, 1.54) is 0 Å². The Morgan fingerprint density at radius 2 is 1.21 bits per heavy atom. The molecule has 0 saturated heterocycles. The second-order valence-corrected chi connectivity index (χ2v) is 5.10. The van der Waals surface area contributed by atoms with Crippen molar-refractivity contribution in [3.05, 3.63) is 96.1 Å². The molecular weight excluding hydrogens is 300 g/mol. The zero-order valence-corrected chi connectivity index (χ0v) is 12.8. The van der Waals surface area contributed by atoms with Crippen LogP contribution in [0, 0.1) is 6.07 Å². The summed E-state index contributed by atoms with van der Waals surface area (Å²) in [6.07, 6.45) is 0. The Morgan fingerprint density at radius 3 is 1.79 bits per heavy atom. The van der Waals surface area contributed by atoms with Crippen LogP contribution in [0.3, 0.4) is 0 Å². The standard InChI is InChI=1S/C20H15N2O2/c23-19(15-9-3-1-4-10-15)21-17-13-7-8-14-18(17)22-20(24)16-11-5-2-6-12-16/h1-13H,(H,21,23)(H,22,24). The van der Waals surface area contributed by atoms with E-state index in [0.717, 1.165) is 0 Å². The second kappa shape index (κ2) is 7.24. The van der Waals surface area contributed by atoms with Crippen LogP contribution >= 0.6 is 0 Å². The summed E-state index contributed by atoms with van der Waals surface area (Å²) in [6.45, 7) is 0. The third-order valence-corrected chi connectivity index (χ3v) is 3.41. The van der Waals surface area contributed by atoms with Crippen LogP contribution in [0.25, 0.3) is 0 Å². The minimum Gasteiger partial charge on any atom is -0.320 e. The molecule has 2 N–H and O–H groups in total. The number of carbonyl (C=O) groups excluding carboxylic acids is 2. The molecule has 0 spiro atoms. The summed E-state index contributed by atoms with van der Waals surface area (Å²) in [5.41, 5.74) is 2.00. The normalized spacial score (nSPS) is 10.0. The van der Waals surface area contributed by atoms with E-state index in [2.05, 4.69) is 16.7 Å². The molecule has 3 aromatic carbocycles. The van der Waals surface area contributed by atoms with Crippen molar-refractivity contribution in [1.82, 2.24) is 0 Å². The molecule has 0 aliphatic rings. The lowest BCUT2D eigenvalue weighted by Gasteiger charge is -2.12. The summed E-state index contributed by atoms with van der Waals surface area (Å²) >= 11 is 0. The van der Waals surface area contributed by atoms with Gasteiger partial charge in [-0.25, -0.2) is 0 Å². The number of benzene rings is 3. The number of carbonyl (C=O) groups is 2. The number of nitrogens with one attached hydrogen (secondary N) is 2. The van der Waals surface area contributed by atoms with Crippen molar-refractivity contribution in [1.29, 1.82) is 0 Å². The highest BCUT2D eigenvalue weighted by Gasteiger charge is 2.11. The summed E-state index contributed by atoms with van der Waals surface area (Å²) in [4.78, 5) is 24.6. The molecule has 0 atom stereocenters. The molecule has 3 rings (SSSR count). The Hall–Kier alpha value is -3.40. The number of anilines is 2. The molecule has 117 valence electrons. The topological polar surface area (TPSA) is 58.2 Å². The van der Waals surface area contributed by atoms with Gasteiger partial charge in [0.1, 0.15) is 0 Å². The SMILES string of the molecule is O=C(Nc1[c]cccc1NC(=O)c1ccccc1)c1ccccc1. The molecule has 4 heteroatoms. The van der Waals surface area contributed by atoms with Crippen LogP contribution in [-0.4, -0.2) is 11.8 Å². The molecule has 0 saturated carbocycles. The number of para-hydroxylation sites is 1. The fourth-order valence-electron chi connectivity index (χ4n) is 2.20. The second-order valence-electron chi connectivity index (χ2n) is 5.10. The minimum absolute atomic E-state index is 0.245. The highest BCUT2D eigenvalue weighted by molar-refractivity contribution is 6.09. The summed E-state index contributed by atoms with van der Waals surface area (Å²) in [5.74, 6) is -0.501. The van der Waals surface area contributed by atoms with Crippen molar-refractivity contribution < 1.29 is 9.59 Å². The highest BCUT2D eigenvalue weighted by Crippen LogP contribution is 2.22. The van der Waals surface area contributed by atoms with Gasteiger partial charge in [0.15, 0.2) is 0 Å². The quantitative estimate of drug-likeness (QED) is 0.765. The molecule has 0 aliphatic heterocycles. The molecule has 0 aromatic heterocycles. The molecule has 3 aromatic rings. The number of hydrogen-bond donors (Lipinski definition) is 2. The van der Waals surface area contributed by atoms with Gasteiger partial charge in [-0.3, -0.25) is 9.59 Å². The lowest BCUT2D eigenvalue weighted by Crippen LogP contribution is -2.16. The minimum atomic E-state index is -0.256. The first kappa shape index (κ1) is 15.5. The van der Waals surface area contributed by atoms with Crippen LogP contribution in [0.2, 0.25) is 0 Å². The Labute approximate surface area is 140 Å². The van der Waals surface area contributed by atoms with Crippen LogP contribution in [-0.2, 0) is 0 Å². The lowest BCUT2D eigenvalue weighted by atomic mass is 10.2. The van der Waals surface area contributed by atoms with Gasteiger partial charge in [0.05, 0.1) is 11.4 Å². The van der Waals surface area contributed by atoms with E-state index >= 15 is 0 Å². The zero-order valence-electron chi connectivity index (χ0n) is 12.8. The van der Waals surface area contributed by atoms with Gasteiger partial charge < -0.3 is 10.6 Å². The third-order valence-electron chi connectivity index (χ3n) is 3.41. The van der Waals surface area contributed by atoms with Crippen LogP contribution in [0.1, 0.15) is 20.7 Å². The van der Waals surface area contributed by atoms with E-state index in [9.17, 15) is 9.59 Å². The monoisotopic (exact) mass is 315 g/mol. The van der Waals surface area contributed by atoms with Gasteiger partial charge in [-0.05, 0) is 30.3 Å². The predicted molar refractivity (Wildman–Crippen MR) is 94.1 cm³/mol. The van der Waals surface area contributed by atoms with Crippen molar-refractivity contribution in [2.75, 3.05) is 10.6 Å². The highest BCUT2D eigenvalue weighted by atomic mass is 16.2. The number of amides is 2. The Bertz CT molecular complexity index is 773. The van der Waals surface area contributed by atoms with E-state index in [-0.39, 0.29) is 11.8 Å². The molecular formula is C20H15N2O2. The van der Waals surface area contributed by atoms with Crippen molar-refractivity contribution in [2.45, 2.75) is 0 Å². The van der Waals surface area contributed by atoms with Gasteiger partial charge in [0.2, 0.25) is 0 Å². The molecule has 0 unspecified atom stereocenters. The van der Waals surface area contributed by atoms with E-state index in [1.54, 1.807) is 66.7 Å². The van der Waals surface area contributed by atoms with Crippen molar-refractivity contribution in [3.8, 4) is 0 Å². The van der Waals surface area contributed by atoms with Crippen LogP contribution in [0.15, 0.2) is 78.9 Å². The Kier molecular flexibility index (Phi) is 4.68. The fourth-order valence-corrected chi connectivity index (χ4v) is 2.20. The molecule has 1 radical (unpaired) electrons. The summed E-state index contributed by atoms with van der Waals surface area (Å²) in [6, 6.07) is 25.9. The van der Waals surface area contributed by atoms with Gasteiger partial charge in [0, 0.05) is 17.2 Å². The molecule has 2 amide bonds. The number of rotatable bonds is 4. The third kappa shape index (κ3) is 3.67. The molecule has 24 heavy (non-hydrogen) atoms. The van der Waals surface area contributed by atoms with Gasteiger partial charge in [-0.15, -0.1) is 0 Å². The molecule has 0 aliphatic carbocycles. The van der Waals surface area contributed by atoms with Crippen LogP contribution in [0.5, 0.6) is 0 Å². The van der Waals surface area contributed by atoms with E-state index in [1.807, 2.05) is 12.1 Å². The van der Waals surface area contributed by atoms with E-state index in [0.29, 0.717) is 22.5 Å². The van der Waals surface area contributed by atoms with Crippen molar-refractivity contribution >= 4 is 23.2 Å². The maximum absolute atomic E-state index is 12.3. The summed E-state index contributed by atoms with van der Waals surface area (Å²) in [7, 11) is 0. The fraction of sp³-hybridized carbons (Fsp3) is 0.